The number of nitrogens with one attached hydrogen (secondary N) is 1. The zero-order chi connectivity index (χ0) is 16.6. The van der Waals surface area contributed by atoms with Gasteiger partial charge in [0, 0.05) is 25.4 Å². The Kier molecular flexibility index (Phi) is 4.02. The lowest BCUT2D eigenvalue weighted by Gasteiger charge is -2.08. The Morgan fingerprint density at radius 1 is 1.30 bits per heavy atom. The molecule has 0 unspecified atom stereocenters. The molecule has 1 aliphatic carbocycles. The number of hydrogen-bond donors (Lipinski definition) is 1. The summed E-state index contributed by atoms with van der Waals surface area (Å²) in [5, 5.41) is 11.5. The molecule has 7 nitrogen and oxygen atoms in total. The van der Waals surface area contributed by atoms with Crippen LogP contribution in [0.4, 0.5) is 0 Å². The number of carbonyl (C=O) groups excluding carboxylic acids is 1. The Bertz CT molecular complexity index is 819. The predicted molar refractivity (Wildman–Crippen MR) is 85.5 cm³/mol. The molecular weight excluding hydrogens is 294 g/mol. The van der Waals surface area contributed by atoms with Gasteiger partial charge in [-0.2, -0.15) is 10.2 Å². The summed E-state index contributed by atoms with van der Waals surface area (Å²) in [6.45, 7) is 4.41. The molecule has 122 valence electrons. The summed E-state index contributed by atoms with van der Waals surface area (Å²) >= 11 is 0. The van der Waals surface area contributed by atoms with Crippen LogP contribution in [0.5, 0.6) is 0 Å². The van der Waals surface area contributed by atoms with Crippen LogP contribution in [0.2, 0.25) is 0 Å². The van der Waals surface area contributed by atoms with Gasteiger partial charge in [-0.15, -0.1) is 0 Å². The highest BCUT2D eigenvalue weighted by Gasteiger charge is 2.17. The van der Waals surface area contributed by atoms with Crippen LogP contribution < -0.4 is 10.9 Å². The maximum absolute atomic E-state index is 12.3. The molecule has 0 atom stereocenters. The van der Waals surface area contributed by atoms with Crippen LogP contribution in [0.1, 0.15) is 39.4 Å². The quantitative estimate of drug-likeness (QED) is 0.891. The highest BCUT2D eigenvalue weighted by Crippen LogP contribution is 2.16. The van der Waals surface area contributed by atoms with Crippen LogP contribution in [-0.4, -0.2) is 32.0 Å². The molecular formula is C16H21N5O2. The second-order valence-electron chi connectivity index (χ2n) is 5.96. The molecule has 0 saturated carbocycles. The normalized spacial score (nSPS) is 13.2. The molecule has 7 heteroatoms. The van der Waals surface area contributed by atoms with Gasteiger partial charge in [0.05, 0.1) is 23.5 Å². The van der Waals surface area contributed by atoms with Crippen molar-refractivity contribution in [2.75, 3.05) is 6.54 Å². The largest absolute Gasteiger partial charge is 0.350 e. The van der Waals surface area contributed by atoms with Gasteiger partial charge in [0.15, 0.2) is 0 Å². The number of nitrogens with zero attached hydrogens (tertiary/aromatic N) is 4. The van der Waals surface area contributed by atoms with E-state index in [1.165, 1.54) is 4.68 Å². The molecule has 0 aliphatic heterocycles. The Morgan fingerprint density at radius 2 is 2.09 bits per heavy atom. The van der Waals surface area contributed by atoms with E-state index in [0.29, 0.717) is 24.3 Å². The van der Waals surface area contributed by atoms with Crippen LogP contribution in [-0.2, 0) is 26.4 Å². The van der Waals surface area contributed by atoms with Crippen molar-refractivity contribution in [3.8, 4) is 0 Å². The summed E-state index contributed by atoms with van der Waals surface area (Å²) < 4.78 is 3.13. The van der Waals surface area contributed by atoms with E-state index in [1.807, 2.05) is 20.9 Å². The zero-order valence-corrected chi connectivity index (χ0v) is 13.7. The second kappa shape index (κ2) is 5.98. The van der Waals surface area contributed by atoms with Gasteiger partial charge in [-0.25, -0.2) is 4.68 Å². The van der Waals surface area contributed by atoms with Gasteiger partial charge >= 0.3 is 0 Å². The average Bonchev–Trinajstić information content (AvgIpc) is 3.03. The lowest BCUT2D eigenvalue weighted by Crippen LogP contribution is -2.32. The minimum absolute atomic E-state index is 0.103. The topological polar surface area (TPSA) is 81.8 Å². The highest BCUT2D eigenvalue weighted by atomic mass is 16.2. The summed E-state index contributed by atoms with van der Waals surface area (Å²) in [6.07, 6.45) is 2.92. The van der Waals surface area contributed by atoms with Crippen molar-refractivity contribution < 1.29 is 4.79 Å². The summed E-state index contributed by atoms with van der Waals surface area (Å²) in [5.74, 6) is -0.165. The number of hydrogen-bond acceptors (Lipinski definition) is 4. The van der Waals surface area contributed by atoms with Crippen LogP contribution in [0, 0.1) is 13.8 Å². The molecule has 3 rings (SSSR count). The van der Waals surface area contributed by atoms with E-state index in [-0.39, 0.29) is 11.5 Å². The van der Waals surface area contributed by atoms with Gasteiger partial charge in [0.1, 0.15) is 0 Å². The molecule has 0 spiro atoms. The van der Waals surface area contributed by atoms with Crippen LogP contribution in [0.15, 0.2) is 10.9 Å². The zero-order valence-electron chi connectivity index (χ0n) is 13.7. The number of fused-ring (bicyclic) bond motifs is 1. The summed E-state index contributed by atoms with van der Waals surface area (Å²) in [4.78, 5) is 24.3. The first kappa shape index (κ1) is 15.5. The van der Waals surface area contributed by atoms with E-state index in [2.05, 4.69) is 15.5 Å². The fraction of sp³-hybridized carbons (Fsp3) is 0.500. The maximum Gasteiger partial charge on any atom is 0.267 e. The molecule has 0 saturated heterocycles. The third-order valence-electron chi connectivity index (χ3n) is 4.37. The van der Waals surface area contributed by atoms with Gasteiger partial charge in [-0.05, 0) is 38.7 Å². The van der Waals surface area contributed by atoms with Crippen molar-refractivity contribution in [2.24, 2.45) is 7.05 Å². The fourth-order valence-corrected chi connectivity index (χ4v) is 3.07. The molecule has 0 aromatic carbocycles. The number of rotatable bonds is 4. The molecule has 2 aromatic rings. The van der Waals surface area contributed by atoms with E-state index in [0.717, 1.165) is 36.2 Å². The first-order valence-corrected chi connectivity index (χ1v) is 7.85. The summed E-state index contributed by atoms with van der Waals surface area (Å²) in [5.41, 5.74) is 4.10. The van der Waals surface area contributed by atoms with Gasteiger partial charge in [0.25, 0.3) is 11.5 Å². The van der Waals surface area contributed by atoms with E-state index in [9.17, 15) is 9.59 Å². The monoisotopic (exact) mass is 315 g/mol. The second-order valence-corrected chi connectivity index (χ2v) is 5.96. The van der Waals surface area contributed by atoms with Crippen molar-refractivity contribution in [1.29, 1.82) is 0 Å². The van der Waals surface area contributed by atoms with Gasteiger partial charge < -0.3 is 5.32 Å². The van der Waals surface area contributed by atoms with E-state index >= 15 is 0 Å². The standard InChI is InChI=1S/C16H21N5O2/c1-10-15(11(2)20(3)18-10)16(23)17-7-8-21-14(22)9-12-5-4-6-13(12)19-21/h9H,4-8H2,1-3H3,(H,17,23). The Balaban J connectivity index is 1.66. The first-order chi connectivity index (χ1) is 11.0. The molecule has 0 fully saturated rings. The van der Waals surface area contributed by atoms with Gasteiger partial charge in [-0.3, -0.25) is 14.3 Å². The Hall–Kier alpha value is -2.44. The molecule has 2 aromatic heterocycles. The predicted octanol–water partition coefficient (Wildman–Crippen LogP) is 0.512. The van der Waals surface area contributed by atoms with Crippen LogP contribution >= 0.6 is 0 Å². The Labute approximate surface area is 134 Å². The smallest absolute Gasteiger partial charge is 0.267 e. The summed E-state index contributed by atoms with van der Waals surface area (Å²) in [7, 11) is 1.81. The molecule has 1 amide bonds. The first-order valence-electron chi connectivity index (χ1n) is 7.85. The molecule has 1 aliphatic rings. The minimum Gasteiger partial charge on any atom is -0.350 e. The Morgan fingerprint density at radius 3 is 2.78 bits per heavy atom. The summed E-state index contributed by atoms with van der Waals surface area (Å²) in [6, 6.07) is 1.67. The van der Waals surface area contributed by atoms with Crippen molar-refractivity contribution >= 4 is 5.91 Å². The molecule has 0 radical (unpaired) electrons. The number of aryl methyl sites for hydroxylation is 4. The lowest BCUT2D eigenvalue weighted by molar-refractivity contribution is 0.0950. The van der Waals surface area contributed by atoms with Crippen molar-refractivity contribution in [3.63, 3.8) is 0 Å². The number of aromatic nitrogens is 4. The van der Waals surface area contributed by atoms with Crippen molar-refractivity contribution in [3.05, 3.63) is 44.6 Å². The minimum atomic E-state index is -0.165. The van der Waals surface area contributed by atoms with Crippen molar-refractivity contribution in [2.45, 2.75) is 39.7 Å². The van der Waals surface area contributed by atoms with Gasteiger partial charge in [-0.1, -0.05) is 0 Å². The van der Waals surface area contributed by atoms with Crippen LogP contribution in [0.25, 0.3) is 0 Å². The molecule has 0 bridgehead atoms. The van der Waals surface area contributed by atoms with Gasteiger partial charge in [0.2, 0.25) is 0 Å². The molecule has 23 heavy (non-hydrogen) atoms. The third-order valence-corrected chi connectivity index (χ3v) is 4.37. The van der Waals surface area contributed by atoms with E-state index < -0.39 is 0 Å². The van der Waals surface area contributed by atoms with E-state index in [1.54, 1.807) is 10.7 Å². The highest BCUT2D eigenvalue weighted by molar-refractivity contribution is 5.96. The van der Waals surface area contributed by atoms with Crippen molar-refractivity contribution in [1.82, 2.24) is 24.9 Å². The van der Waals surface area contributed by atoms with Crippen LogP contribution in [0.3, 0.4) is 0 Å². The SMILES string of the molecule is Cc1nn(C)c(C)c1C(=O)NCCn1nc2c(cc1=O)CCC2. The fourth-order valence-electron chi connectivity index (χ4n) is 3.07. The average molecular weight is 315 g/mol. The number of carbonyl (C=O) groups is 1. The number of amides is 1. The molecule has 1 N–H and O–H groups in total. The maximum atomic E-state index is 12.3. The van der Waals surface area contributed by atoms with E-state index in [4.69, 9.17) is 0 Å². The third kappa shape index (κ3) is 2.91. The lowest BCUT2D eigenvalue weighted by atomic mass is 10.2. The molecule has 2 heterocycles.